The molecule has 44 heavy (non-hydrogen) atoms. The van der Waals surface area contributed by atoms with Crippen molar-refractivity contribution in [2.75, 3.05) is 46.0 Å². The zero-order valence-electron chi connectivity index (χ0n) is 25.7. The van der Waals surface area contributed by atoms with Gasteiger partial charge in [0.2, 0.25) is 5.75 Å². The second-order valence-corrected chi connectivity index (χ2v) is 13.3. The third-order valence-corrected chi connectivity index (χ3v) is 9.68. The van der Waals surface area contributed by atoms with Crippen LogP contribution in [0.3, 0.4) is 0 Å². The molecule has 1 aromatic heterocycles. The number of thioether (sulfide) groups is 1. The lowest BCUT2D eigenvalue weighted by atomic mass is 10.0. The van der Waals surface area contributed by atoms with Crippen molar-refractivity contribution in [3.05, 3.63) is 47.8 Å². The minimum atomic E-state index is -4.02. The highest BCUT2D eigenvalue weighted by Gasteiger charge is 2.33. The first-order valence-corrected chi connectivity index (χ1v) is 17.1. The molecular formula is C31H40N2O9S2. The van der Waals surface area contributed by atoms with Crippen LogP contribution in [0.5, 0.6) is 28.7 Å². The summed E-state index contributed by atoms with van der Waals surface area (Å²) < 4.78 is 62.1. The van der Waals surface area contributed by atoms with E-state index in [9.17, 15) is 13.2 Å². The molecule has 0 radical (unpaired) electrons. The average molecular weight is 649 g/mol. The second kappa shape index (κ2) is 15.5. The lowest BCUT2D eigenvalue weighted by Crippen LogP contribution is -2.16. The summed E-state index contributed by atoms with van der Waals surface area (Å²) in [5, 5.41) is 0.816. The SMILES string of the molecule is CCCOc1c(OCCCSc2ncc[nH]2)cc([C@@H]2CC[C@@H](c3cc(OC)c(OC)c(OC)c3)O2)cc1S(=O)(=O)CC(C)=O. The molecule has 11 nitrogen and oxygen atoms in total. The maximum atomic E-state index is 13.5. The first kappa shape index (κ1) is 33.5. The highest BCUT2D eigenvalue weighted by Crippen LogP contribution is 2.48. The van der Waals surface area contributed by atoms with Crippen LogP contribution in [0.15, 0.2) is 46.7 Å². The Bertz CT molecular complexity index is 1490. The molecule has 2 heterocycles. The van der Waals surface area contributed by atoms with Gasteiger partial charge in [-0.25, -0.2) is 13.4 Å². The number of H-pyrrole nitrogens is 1. The number of sulfone groups is 1. The number of aromatic nitrogens is 2. The molecule has 1 aliphatic rings. The molecule has 1 saturated heterocycles. The number of nitrogens with one attached hydrogen (secondary N) is 1. The van der Waals surface area contributed by atoms with Crippen LogP contribution in [-0.4, -0.2) is 70.2 Å². The average Bonchev–Trinajstić information content (AvgIpc) is 3.71. The number of imidazole rings is 1. The van der Waals surface area contributed by atoms with Gasteiger partial charge >= 0.3 is 0 Å². The van der Waals surface area contributed by atoms with Gasteiger partial charge < -0.3 is 33.4 Å². The largest absolute Gasteiger partial charge is 0.493 e. The summed E-state index contributed by atoms with van der Waals surface area (Å²) in [5.41, 5.74) is 1.48. The van der Waals surface area contributed by atoms with Gasteiger partial charge in [0.15, 0.2) is 38.0 Å². The standard InChI is InChI=1S/C31H40N2O9S2/c1-6-12-41-30-27(40-13-7-14-43-31-32-10-11-33-31)17-22(18-28(30)44(35,36)19-20(2)34)24-9-8-23(42-24)21-15-25(37-3)29(39-5)26(16-21)38-4/h10-11,15-18,23-24H,6-9,12-14,19H2,1-5H3,(H,32,33)/t23-,24-/m0/s1. The number of hydrogen-bond acceptors (Lipinski definition) is 11. The Morgan fingerprint density at radius 1 is 0.955 bits per heavy atom. The molecule has 0 spiro atoms. The fourth-order valence-corrected chi connectivity index (χ4v) is 7.16. The minimum Gasteiger partial charge on any atom is -0.493 e. The molecule has 240 valence electrons. The highest BCUT2D eigenvalue weighted by molar-refractivity contribution is 7.99. The summed E-state index contributed by atoms with van der Waals surface area (Å²) in [5.74, 6) is 1.59. The van der Waals surface area contributed by atoms with Gasteiger partial charge in [-0.3, -0.25) is 4.79 Å². The zero-order valence-corrected chi connectivity index (χ0v) is 27.3. The number of ether oxygens (including phenoxy) is 6. The minimum absolute atomic E-state index is 0.0709. The lowest BCUT2D eigenvalue weighted by Gasteiger charge is -2.21. The van der Waals surface area contributed by atoms with Crippen molar-refractivity contribution in [1.29, 1.82) is 0 Å². The maximum Gasteiger partial charge on any atom is 0.203 e. The third-order valence-electron chi connectivity index (χ3n) is 6.93. The number of benzene rings is 2. The van der Waals surface area contributed by atoms with Gasteiger partial charge in [0.25, 0.3) is 0 Å². The molecule has 13 heteroatoms. The van der Waals surface area contributed by atoms with Gasteiger partial charge in [0.1, 0.15) is 16.4 Å². The van der Waals surface area contributed by atoms with Crippen LogP contribution in [0, 0.1) is 0 Å². The topological polar surface area (TPSA) is 135 Å². The van der Waals surface area contributed by atoms with E-state index in [1.54, 1.807) is 57.6 Å². The molecular weight excluding hydrogens is 608 g/mol. The number of carbonyl (C=O) groups is 1. The normalized spacial score (nSPS) is 16.5. The van der Waals surface area contributed by atoms with E-state index < -0.39 is 27.5 Å². The number of ketones is 1. The van der Waals surface area contributed by atoms with Crippen LogP contribution in [0.4, 0.5) is 0 Å². The molecule has 0 aliphatic carbocycles. The van der Waals surface area contributed by atoms with Crippen LogP contribution < -0.4 is 23.7 Å². The lowest BCUT2D eigenvalue weighted by molar-refractivity contribution is -0.114. The Morgan fingerprint density at radius 2 is 1.61 bits per heavy atom. The van der Waals surface area contributed by atoms with Gasteiger partial charge in [-0.2, -0.15) is 0 Å². The smallest absolute Gasteiger partial charge is 0.203 e. The molecule has 0 bridgehead atoms. The van der Waals surface area contributed by atoms with E-state index in [0.29, 0.717) is 60.9 Å². The molecule has 0 saturated carbocycles. The van der Waals surface area contributed by atoms with Crippen molar-refractivity contribution in [2.45, 2.75) is 61.8 Å². The summed E-state index contributed by atoms with van der Waals surface area (Å²) >= 11 is 1.57. The van der Waals surface area contributed by atoms with E-state index in [0.717, 1.165) is 16.5 Å². The molecule has 0 amide bonds. The van der Waals surface area contributed by atoms with Crippen molar-refractivity contribution in [1.82, 2.24) is 9.97 Å². The van der Waals surface area contributed by atoms with Crippen LogP contribution in [0.25, 0.3) is 0 Å². The van der Waals surface area contributed by atoms with E-state index in [2.05, 4.69) is 9.97 Å². The molecule has 2 atom stereocenters. The third kappa shape index (κ3) is 8.19. The first-order chi connectivity index (χ1) is 21.2. The summed E-state index contributed by atoms with van der Waals surface area (Å²) in [6.45, 7) is 3.80. The van der Waals surface area contributed by atoms with Gasteiger partial charge in [-0.15, -0.1) is 0 Å². The number of hydrogen-bond donors (Lipinski definition) is 1. The van der Waals surface area contributed by atoms with Crippen molar-refractivity contribution in [3.63, 3.8) is 0 Å². The van der Waals surface area contributed by atoms with Crippen LogP contribution in [0.1, 0.15) is 62.9 Å². The van der Waals surface area contributed by atoms with Crippen molar-refractivity contribution in [3.8, 4) is 28.7 Å². The summed E-state index contributed by atoms with van der Waals surface area (Å²) in [6.07, 6.45) is 5.38. The van der Waals surface area contributed by atoms with E-state index in [1.807, 2.05) is 19.1 Å². The van der Waals surface area contributed by atoms with Gasteiger partial charge in [-0.05, 0) is 68.0 Å². The number of rotatable bonds is 17. The van der Waals surface area contributed by atoms with Crippen molar-refractivity contribution in [2.24, 2.45) is 0 Å². The van der Waals surface area contributed by atoms with E-state index in [4.69, 9.17) is 28.4 Å². The highest BCUT2D eigenvalue weighted by atomic mass is 32.2. The monoisotopic (exact) mass is 648 g/mol. The number of methoxy groups -OCH3 is 3. The fraction of sp³-hybridized carbons (Fsp3) is 0.484. The quantitative estimate of drug-likeness (QED) is 0.142. The number of Topliss-reactive ketones (excluding diaryl/α,β-unsaturated/α-hetero) is 1. The molecule has 2 aromatic carbocycles. The maximum absolute atomic E-state index is 13.5. The number of carbonyl (C=O) groups excluding carboxylic acids is 1. The number of nitrogens with zero attached hydrogens (tertiary/aromatic N) is 1. The zero-order chi connectivity index (χ0) is 31.7. The fourth-order valence-electron chi connectivity index (χ4n) is 4.97. The number of aromatic amines is 1. The predicted octanol–water partition coefficient (Wildman–Crippen LogP) is 5.74. The molecule has 0 unspecified atom stereocenters. The summed E-state index contributed by atoms with van der Waals surface area (Å²) in [4.78, 5) is 19.2. The van der Waals surface area contributed by atoms with Crippen LogP contribution in [0.2, 0.25) is 0 Å². The Hall–Kier alpha value is -3.42. The Morgan fingerprint density at radius 3 is 2.18 bits per heavy atom. The molecule has 1 fully saturated rings. The second-order valence-electron chi connectivity index (χ2n) is 10.3. The summed E-state index contributed by atoms with van der Waals surface area (Å²) in [7, 11) is 0.637. The van der Waals surface area contributed by atoms with Crippen molar-refractivity contribution < 1.29 is 41.6 Å². The van der Waals surface area contributed by atoms with E-state index in [1.165, 1.54) is 6.92 Å². The first-order valence-electron chi connectivity index (χ1n) is 14.4. The molecule has 4 rings (SSSR count). The molecule has 3 aromatic rings. The summed E-state index contributed by atoms with van der Waals surface area (Å²) in [6, 6.07) is 7.06. The van der Waals surface area contributed by atoms with Gasteiger partial charge in [0, 0.05) is 18.1 Å². The van der Waals surface area contributed by atoms with Gasteiger partial charge in [0.05, 0.1) is 46.8 Å². The Kier molecular flexibility index (Phi) is 11.8. The predicted molar refractivity (Wildman–Crippen MR) is 166 cm³/mol. The molecule has 1 N–H and O–H groups in total. The van der Waals surface area contributed by atoms with Crippen LogP contribution >= 0.6 is 11.8 Å². The van der Waals surface area contributed by atoms with Crippen LogP contribution in [-0.2, 0) is 19.4 Å². The van der Waals surface area contributed by atoms with E-state index in [-0.39, 0.29) is 23.4 Å². The molecule has 1 aliphatic heterocycles. The Balaban J connectivity index is 1.64. The Labute approximate surface area is 262 Å². The van der Waals surface area contributed by atoms with Gasteiger partial charge in [-0.1, -0.05) is 18.7 Å². The van der Waals surface area contributed by atoms with E-state index >= 15 is 0 Å². The van der Waals surface area contributed by atoms with Crippen molar-refractivity contribution >= 4 is 27.4 Å².